The van der Waals surface area contributed by atoms with Gasteiger partial charge in [0.05, 0.1) is 13.3 Å². The highest BCUT2D eigenvalue weighted by molar-refractivity contribution is 5.61. The number of nitrogen functional groups attached to an aromatic ring is 1. The molecule has 8 heteroatoms. The fourth-order valence-corrected chi connectivity index (χ4v) is 0.984. The molecule has 0 aliphatic rings. The number of hydrogen-bond acceptors (Lipinski definition) is 5. The molecule has 0 spiro atoms. The minimum Gasteiger partial charge on any atom is -0.490 e. The molecule has 1 heterocycles. The van der Waals surface area contributed by atoms with E-state index in [4.69, 9.17) is 11.0 Å². The highest BCUT2D eigenvalue weighted by atomic mass is 19.4. The third-order valence-electron chi connectivity index (χ3n) is 1.56. The third-order valence-corrected chi connectivity index (χ3v) is 1.56. The number of methoxy groups -OCH3 is 1. The van der Waals surface area contributed by atoms with E-state index in [0.29, 0.717) is 0 Å². The lowest BCUT2D eigenvalue weighted by atomic mass is 10.2. The van der Waals surface area contributed by atoms with Crippen LogP contribution in [-0.2, 0) is 0 Å². The van der Waals surface area contributed by atoms with E-state index in [1.807, 2.05) is 0 Å². The highest BCUT2D eigenvalue weighted by Gasteiger charge is 2.34. The summed E-state index contributed by atoms with van der Waals surface area (Å²) in [6.07, 6.45) is -4.06. The van der Waals surface area contributed by atoms with E-state index in [0.717, 1.165) is 13.3 Å². The number of nitriles is 1. The van der Waals surface area contributed by atoms with Gasteiger partial charge in [0, 0.05) is 0 Å². The third kappa shape index (κ3) is 2.44. The summed E-state index contributed by atoms with van der Waals surface area (Å²) in [7, 11) is 1.10. The Morgan fingerprint density at radius 3 is 2.50 bits per heavy atom. The molecule has 0 unspecified atom stereocenters. The Balaban J connectivity index is 3.32. The second-order valence-electron chi connectivity index (χ2n) is 2.58. The molecule has 2 N–H and O–H groups in total. The second-order valence-corrected chi connectivity index (χ2v) is 2.58. The minimum atomic E-state index is -4.94. The monoisotopic (exact) mass is 233 g/mol. The summed E-state index contributed by atoms with van der Waals surface area (Å²) in [6, 6.07) is 1.50. The lowest BCUT2D eigenvalue weighted by Crippen LogP contribution is -2.19. The van der Waals surface area contributed by atoms with Gasteiger partial charge >= 0.3 is 6.36 Å². The number of pyridine rings is 1. The molecule has 86 valence electrons. The Labute approximate surface area is 88.2 Å². The van der Waals surface area contributed by atoms with Crippen LogP contribution in [0.4, 0.5) is 19.0 Å². The molecule has 0 saturated heterocycles. The smallest absolute Gasteiger partial charge is 0.490 e. The molecule has 1 aromatic rings. The summed E-state index contributed by atoms with van der Waals surface area (Å²) < 4.78 is 44.4. The maximum absolute atomic E-state index is 12.1. The number of nitrogens with zero attached hydrogens (tertiary/aromatic N) is 2. The van der Waals surface area contributed by atoms with Crippen LogP contribution >= 0.6 is 0 Å². The molecule has 0 radical (unpaired) electrons. The Bertz CT molecular complexity index is 439. The summed E-state index contributed by atoms with van der Waals surface area (Å²) in [5.74, 6) is -1.50. The van der Waals surface area contributed by atoms with Gasteiger partial charge in [-0.15, -0.1) is 13.2 Å². The summed E-state index contributed by atoms with van der Waals surface area (Å²) in [5.41, 5.74) is 4.87. The number of rotatable bonds is 2. The van der Waals surface area contributed by atoms with Crippen LogP contribution in [0.1, 0.15) is 5.56 Å². The number of alkyl halides is 3. The van der Waals surface area contributed by atoms with Crippen LogP contribution in [0.3, 0.4) is 0 Å². The van der Waals surface area contributed by atoms with Crippen molar-refractivity contribution < 1.29 is 22.6 Å². The van der Waals surface area contributed by atoms with E-state index in [1.54, 1.807) is 0 Å². The molecule has 0 atom stereocenters. The molecule has 0 bridgehead atoms. The molecule has 16 heavy (non-hydrogen) atoms. The van der Waals surface area contributed by atoms with Crippen molar-refractivity contribution in [2.24, 2.45) is 0 Å². The van der Waals surface area contributed by atoms with Gasteiger partial charge in [0.15, 0.2) is 11.6 Å². The van der Waals surface area contributed by atoms with Crippen LogP contribution in [0, 0.1) is 11.3 Å². The SMILES string of the molecule is COc1c(N)ncc(C#N)c1OC(F)(F)F. The first-order valence-electron chi connectivity index (χ1n) is 3.87. The van der Waals surface area contributed by atoms with Crippen molar-refractivity contribution in [1.82, 2.24) is 4.98 Å². The van der Waals surface area contributed by atoms with Crippen LogP contribution < -0.4 is 15.2 Å². The number of nitrogens with two attached hydrogens (primary N) is 1. The fraction of sp³-hybridized carbons (Fsp3) is 0.250. The summed E-state index contributed by atoms with van der Waals surface area (Å²) in [4.78, 5) is 3.49. The van der Waals surface area contributed by atoms with Gasteiger partial charge in [0.1, 0.15) is 11.6 Å². The van der Waals surface area contributed by atoms with Crippen molar-refractivity contribution in [2.45, 2.75) is 6.36 Å². The van der Waals surface area contributed by atoms with E-state index in [2.05, 4.69) is 14.5 Å². The topological polar surface area (TPSA) is 81.2 Å². The standard InChI is InChI=1S/C8H6F3N3O2/c1-15-6-5(16-8(9,10)11)4(2-12)3-14-7(6)13/h3H,1H3,(H2,13,14). The average Bonchev–Trinajstić information content (AvgIpc) is 2.16. The minimum absolute atomic E-state index is 0.291. The van der Waals surface area contributed by atoms with Crippen LogP contribution in [0.2, 0.25) is 0 Å². The maximum Gasteiger partial charge on any atom is 0.573 e. The number of aromatic nitrogens is 1. The first-order chi connectivity index (χ1) is 7.39. The van der Waals surface area contributed by atoms with E-state index >= 15 is 0 Å². The Kier molecular flexibility index (Phi) is 3.08. The molecule has 0 aromatic carbocycles. The zero-order chi connectivity index (χ0) is 12.3. The van der Waals surface area contributed by atoms with Crippen molar-refractivity contribution in [1.29, 1.82) is 5.26 Å². The van der Waals surface area contributed by atoms with Crippen LogP contribution in [0.25, 0.3) is 0 Å². The molecule has 1 aromatic heterocycles. The van der Waals surface area contributed by atoms with Gasteiger partial charge in [-0.05, 0) is 0 Å². The van der Waals surface area contributed by atoms with Crippen LogP contribution in [-0.4, -0.2) is 18.5 Å². The average molecular weight is 233 g/mol. The predicted molar refractivity (Wildman–Crippen MR) is 46.6 cm³/mol. The Morgan fingerprint density at radius 1 is 1.44 bits per heavy atom. The molecule has 1 rings (SSSR count). The quantitative estimate of drug-likeness (QED) is 0.835. The van der Waals surface area contributed by atoms with E-state index in [9.17, 15) is 13.2 Å². The molecule has 0 fully saturated rings. The van der Waals surface area contributed by atoms with Gasteiger partial charge in [-0.25, -0.2) is 4.98 Å². The summed E-state index contributed by atoms with van der Waals surface area (Å²) in [6.45, 7) is 0. The lowest BCUT2D eigenvalue weighted by Gasteiger charge is -2.14. The molecule has 5 nitrogen and oxygen atoms in total. The largest absolute Gasteiger partial charge is 0.573 e. The number of halogens is 3. The van der Waals surface area contributed by atoms with Gasteiger partial charge in [0.25, 0.3) is 0 Å². The zero-order valence-corrected chi connectivity index (χ0v) is 8.00. The van der Waals surface area contributed by atoms with Gasteiger partial charge in [-0.2, -0.15) is 5.26 Å². The molecular weight excluding hydrogens is 227 g/mol. The Morgan fingerprint density at radius 2 is 2.06 bits per heavy atom. The summed E-state index contributed by atoms with van der Waals surface area (Å²) in [5, 5.41) is 8.59. The first-order valence-corrected chi connectivity index (χ1v) is 3.87. The van der Waals surface area contributed by atoms with Crippen molar-refractivity contribution in [3.8, 4) is 17.6 Å². The van der Waals surface area contributed by atoms with E-state index < -0.39 is 23.4 Å². The number of ether oxygens (including phenoxy) is 2. The van der Waals surface area contributed by atoms with E-state index in [-0.39, 0.29) is 5.82 Å². The zero-order valence-electron chi connectivity index (χ0n) is 8.00. The molecule has 0 aliphatic carbocycles. The molecule has 0 aliphatic heterocycles. The fourth-order valence-electron chi connectivity index (χ4n) is 0.984. The number of anilines is 1. The molecule has 0 saturated carbocycles. The lowest BCUT2D eigenvalue weighted by molar-refractivity contribution is -0.275. The van der Waals surface area contributed by atoms with Gasteiger partial charge in [-0.1, -0.05) is 0 Å². The summed E-state index contributed by atoms with van der Waals surface area (Å²) >= 11 is 0. The predicted octanol–water partition coefficient (Wildman–Crippen LogP) is 1.44. The van der Waals surface area contributed by atoms with Crippen molar-refractivity contribution in [3.05, 3.63) is 11.8 Å². The van der Waals surface area contributed by atoms with Crippen molar-refractivity contribution in [3.63, 3.8) is 0 Å². The molecule has 0 amide bonds. The van der Waals surface area contributed by atoms with Gasteiger partial charge in [0.2, 0.25) is 5.75 Å². The number of hydrogen-bond donors (Lipinski definition) is 1. The highest BCUT2D eigenvalue weighted by Crippen LogP contribution is 2.37. The van der Waals surface area contributed by atoms with Gasteiger partial charge < -0.3 is 15.2 Å². The van der Waals surface area contributed by atoms with Gasteiger partial charge in [-0.3, -0.25) is 0 Å². The van der Waals surface area contributed by atoms with Crippen molar-refractivity contribution in [2.75, 3.05) is 12.8 Å². The maximum atomic E-state index is 12.1. The first kappa shape index (κ1) is 11.9. The van der Waals surface area contributed by atoms with Crippen LogP contribution in [0.15, 0.2) is 6.20 Å². The normalized spacial score (nSPS) is 10.7. The van der Waals surface area contributed by atoms with Crippen LogP contribution in [0.5, 0.6) is 11.5 Å². The van der Waals surface area contributed by atoms with E-state index in [1.165, 1.54) is 6.07 Å². The molecular formula is C8H6F3N3O2. The Hall–Kier alpha value is -2.17. The second kappa shape index (κ2) is 4.14. The van der Waals surface area contributed by atoms with Crippen molar-refractivity contribution >= 4 is 5.82 Å².